The first-order chi connectivity index (χ1) is 9.72. The second kappa shape index (κ2) is 5.89. The Bertz CT molecular complexity index is 477. The van der Waals surface area contributed by atoms with Crippen LogP contribution in [0, 0.1) is 5.82 Å². The quantitative estimate of drug-likeness (QED) is 0.878. The minimum Gasteiger partial charge on any atom is -0.325 e. The van der Waals surface area contributed by atoms with Crippen LogP contribution < -0.4 is 10.6 Å². The van der Waals surface area contributed by atoms with Crippen LogP contribution in [0.25, 0.3) is 0 Å². The van der Waals surface area contributed by atoms with Gasteiger partial charge in [-0.3, -0.25) is 9.69 Å². The van der Waals surface area contributed by atoms with Crippen molar-refractivity contribution in [1.82, 2.24) is 10.2 Å². The molecule has 4 nitrogen and oxygen atoms in total. The molecule has 0 bridgehead atoms. The smallest absolute Gasteiger partial charge is 0.238 e. The maximum Gasteiger partial charge on any atom is 0.238 e. The maximum absolute atomic E-state index is 12.8. The first kappa shape index (κ1) is 13.5. The summed E-state index contributed by atoms with van der Waals surface area (Å²) >= 11 is 0. The Morgan fingerprint density at radius 3 is 2.85 bits per heavy atom. The normalized spacial score (nSPS) is 25.6. The number of rotatable bonds is 4. The molecule has 3 rings (SSSR count). The van der Waals surface area contributed by atoms with Gasteiger partial charge in [-0.25, -0.2) is 4.39 Å². The van der Waals surface area contributed by atoms with Crippen LogP contribution in [0.15, 0.2) is 24.3 Å². The van der Waals surface area contributed by atoms with Gasteiger partial charge in [0.05, 0.1) is 6.54 Å². The summed E-state index contributed by atoms with van der Waals surface area (Å²) in [4.78, 5) is 14.4. The molecule has 2 heterocycles. The summed E-state index contributed by atoms with van der Waals surface area (Å²) in [6.07, 6.45) is 3.62. The van der Waals surface area contributed by atoms with Gasteiger partial charge in [0.25, 0.3) is 0 Å². The number of hydrogen-bond acceptors (Lipinski definition) is 3. The fourth-order valence-electron chi connectivity index (χ4n) is 3.28. The molecule has 2 fully saturated rings. The van der Waals surface area contributed by atoms with E-state index in [4.69, 9.17) is 0 Å². The molecule has 108 valence electrons. The Morgan fingerprint density at radius 2 is 2.05 bits per heavy atom. The molecule has 2 N–H and O–H groups in total. The largest absolute Gasteiger partial charge is 0.325 e. The Balaban J connectivity index is 1.46. The van der Waals surface area contributed by atoms with Crippen LogP contribution in [0.4, 0.5) is 10.1 Å². The highest BCUT2D eigenvalue weighted by Crippen LogP contribution is 2.27. The predicted molar refractivity (Wildman–Crippen MR) is 76.0 cm³/mol. The van der Waals surface area contributed by atoms with Crippen molar-refractivity contribution in [3.05, 3.63) is 30.1 Å². The zero-order valence-corrected chi connectivity index (χ0v) is 11.4. The van der Waals surface area contributed by atoms with E-state index in [1.165, 1.54) is 31.5 Å². The lowest BCUT2D eigenvalue weighted by Crippen LogP contribution is -2.42. The van der Waals surface area contributed by atoms with Crippen LogP contribution in [0.2, 0.25) is 0 Å². The van der Waals surface area contributed by atoms with E-state index in [0.29, 0.717) is 24.3 Å². The van der Waals surface area contributed by atoms with E-state index < -0.39 is 0 Å². The first-order valence-electron chi connectivity index (χ1n) is 7.25. The minimum absolute atomic E-state index is 0.0759. The molecule has 2 aliphatic heterocycles. The van der Waals surface area contributed by atoms with Gasteiger partial charge in [-0.1, -0.05) is 0 Å². The highest BCUT2D eigenvalue weighted by Gasteiger charge is 2.36. The molecular formula is C15H20FN3O. The van der Waals surface area contributed by atoms with Gasteiger partial charge in [0, 0.05) is 24.3 Å². The summed E-state index contributed by atoms with van der Waals surface area (Å²) in [6, 6.07) is 6.86. The van der Waals surface area contributed by atoms with E-state index in [1.807, 2.05) is 0 Å². The molecule has 0 spiro atoms. The number of fused-ring (bicyclic) bond motifs is 1. The molecule has 0 aromatic heterocycles. The monoisotopic (exact) mass is 277 g/mol. The number of nitrogens with one attached hydrogen (secondary N) is 2. The average Bonchev–Trinajstić information content (AvgIpc) is 3.02. The van der Waals surface area contributed by atoms with Gasteiger partial charge < -0.3 is 10.6 Å². The van der Waals surface area contributed by atoms with E-state index >= 15 is 0 Å². The van der Waals surface area contributed by atoms with Crippen molar-refractivity contribution in [1.29, 1.82) is 0 Å². The van der Waals surface area contributed by atoms with Crippen LogP contribution in [0.3, 0.4) is 0 Å². The number of amides is 1. The van der Waals surface area contributed by atoms with Gasteiger partial charge in [0.15, 0.2) is 0 Å². The third-order valence-electron chi connectivity index (χ3n) is 4.26. The van der Waals surface area contributed by atoms with Gasteiger partial charge in [-0.15, -0.1) is 0 Å². The lowest BCUT2D eigenvalue weighted by molar-refractivity contribution is -0.115. The molecule has 20 heavy (non-hydrogen) atoms. The average molecular weight is 277 g/mol. The van der Waals surface area contributed by atoms with Crippen molar-refractivity contribution >= 4 is 11.6 Å². The first-order valence-corrected chi connectivity index (χ1v) is 7.25. The number of nitrogens with zero attached hydrogens (tertiary/aromatic N) is 1. The van der Waals surface area contributed by atoms with Crippen molar-refractivity contribution in [3.63, 3.8) is 0 Å². The van der Waals surface area contributed by atoms with Gasteiger partial charge in [-0.05, 0) is 50.1 Å². The van der Waals surface area contributed by atoms with Gasteiger partial charge in [0.1, 0.15) is 5.82 Å². The van der Waals surface area contributed by atoms with E-state index in [1.54, 1.807) is 12.1 Å². The summed E-state index contributed by atoms with van der Waals surface area (Å²) in [7, 11) is 0. The Kier molecular flexibility index (Phi) is 3.98. The van der Waals surface area contributed by atoms with Gasteiger partial charge >= 0.3 is 0 Å². The topological polar surface area (TPSA) is 44.4 Å². The molecule has 0 radical (unpaired) electrons. The number of anilines is 1. The molecular weight excluding hydrogens is 257 g/mol. The molecule has 2 unspecified atom stereocenters. The predicted octanol–water partition coefficient (Wildman–Crippen LogP) is 1.59. The van der Waals surface area contributed by atoms with Crippen LogP contribution in [-0.4, -0.2) is 42.5 Å². The number of hydrogen-bond donors (Lipinski definition) is 2. The Labute approximate surface area is 118 Å². The third-order valence-corrected chi connectivity index (χ3v) is 4.26. The maximum atomic E-state index is 12.8. The number of benzene rings is 1. The zero-order valence-electron chi connectivity index (χ0n) is 11.4. The Hall–Kier alpha value is -1.46. The second-order valence-electron chi connectivity index (χ2n) is 5.58. The van der Waals surface area contributed by atoms with Crippen molar-refractivity contribution < 1.29 is 9.18 Å². The van der Waals surface area contributed by atoms with Crippen molar-refractivity contribution in [2.45, 2.75) is 31.3 Å². The second-order valence-corrected chi connectivity index (χ2v) is 5.58. The summed E-state index contributed by atoms with van der Waals surface area (Å²) in [5, 5.41) is 6.13. The van der Waals surface area contributed by atoms with Crippen LogP contribution in [-0.2, 0) is 4.79 Å². The van der Waals surface area contributed by atoms with Crippen LogP contribution in [0.5, 0.6) is 0 Å². The molecule has 0 aliphatic carbocycles. The SMILES string of the molecule is O=C(CNC1CCN2CCCC12)Nc1ccc(F)cc1. The number of carbonyl (C=O) groups is 1. The molecule has 2 aliphatic rings. The molecule has 1 aromatic rings. The summed E-state index contributed by atoms with van der Waals surface area (Å²) in [5.41, 5.74) is 0.632. The van der Waals surface area contributed by atoms with Gasteiger partial charge in [0.2, 0.25) is 5.91 Å². The fraction of sp³-hybridized carbons (Fsp3) is 0.533. The molecule has 2 saturated heterocycles. The van der Waals surface area contributed by atoms with Crippen molar-refractivity contribution in [2.24, 2.45) is 0 Å². The van der Waals surface area contributed by atoms with E-state index in [2.05, 4.69) is 15.5 Å². The molecule has 0 saturated carbocycles. The van der Waals surface area contributed by atoms with E-state index in [0.717, 1.165) is 13.0 Å². The van der Waals surface area contributed by atoms with Gasteiger partial charge in [-0.2, -0.15) is 0 Å². The highest BCUT2D eigenvalue weighted by molar-refractivity contribution is 5.92. The summed E-state index contributed by atoms with van der Waals surface area (Å²) in [6.45, 7) is 2.65. The highest BCUT2D eigenvalue weighted by atomic mass is 19.1. The fourth-order valence-corrected chi connectivity index (χ4v) is 3.28. The van der Waals surface area contributed by atoms with Crippen molar-refractivity contribution in [3.8, 4) is 0 Å². The molecule has 1 aromatic carbocycles. The standard InChI is InChI=1S/C15H20FN3O/c16-11-3-5-12(6-4-11)18-15(20)10-17-13-7-9-19-8-1-2-14(13)19/h3-6,13-14,17H,1-2,7-10H2,(H,18,20). The molecule has 5 heteroatoms. The minimum atomic E-state index is -0.298. The third kappa shape index (κ3) is 2.99. The van der Waals surface area contributed by atoms with E-state index in [9.17, 15) is 9.18 Å². The number of halogens is 1. The Morgan fingerprint density at radius 1 is 1.25 bits per heavy atom. The van der Waals surface area contributed by atoms with Crippen LogP contribution in [0.1, 0.15) is 19.3 Å². The summed E-state index contributed by atoms with van der Waals surface area (Å²) in [5.74, 6) is -0.374. The molecule has 1 amide bonds. The lowest BCUT2D eigenvalue weighted by Gasteiger charge is -2.21. The number of carbonyl (C=O) groups excluding carboxylic acids is 1. The zero-order chi connectivity index (χ0) is 13.9. The lowest BCUT2D eigenvalue weighted by atomic mass is 10.1. The van der Waals surface area contributed by atoms with Crippen molar-refractivity contribution in [2.75, 3.05) is 25.0 Å². The van der Waals surface area contributed by atoms with E-state index in [-0.39, 0.29) is 11.7 Å². The molecule has 2 atom stereocenters. The summed E-state index contributed by atoms with van der Waals surface area (Å²) < 4.78 is 12.8. The van der Waals surface area contributed by atoms with Crippen LogP contribution >= 0.6 is 0 Å².